The van der Waals surface area contributed by atoms with Crippen LogP contribution in [0, 0.1) is 0 Å². The second-order valence-corrected chi connectivity index (χ2v) is 7.07. The number of nitrogens with zero attached hydrogens (tertiary/aromatic N) is 2. The number of aromatic nitrogens is 1. The molecule has 1 atom stereocenters. The van der Waals surface area contributed by atoms with Crippen molar-refractivity contribution < 1.29 is 4.79 Å². The summed E-state index contributed by atoms with van der Waals surface area (Å²) in [6, 6.07) is 0.280. The van der Waals surface area contributed by atoms with Crippen LogP contribution in [0.3, 0.4) is 0 Å². The number of halogens is 2. The van der Waals surface area contributed by atoms with Crippen LogP contribution >= 0.6 is 36.2 Å². The Labute approximate surface area is 143 Å². The molecular formula is C14H25Cl2N3OS. The van der Waals surface area contributed by atoms with Crippen LogP contribution in [0.5, 0.6) is 0 Å². The van der Waals surface area contributed by atoms with E-state index >= 15 is 0 Å². The van der Waals surface area contributed by atoms with Gasteiger partial charge in [-0.1, -0.05) is 20.8 Å². The number of nitrogens with one attached hydrogen (secondary N) is 1. The van der Waals surface area contributed by atoms with Gasteiger partial charge < -0.3 is 10.2 Å². The molecule has 0 spiro atoms. The Morgan fingerprint density at radius 1 is 1.48 bits per heavy atom. The summed E-state index contributed by atoms with van der Waals surface area (Å²) >= 11 is 1.65. The van der Waals surface area contributed by atoms with Gasteiger partial charge in [0.2, 0.25) is 5.91 Å². The molecule has 1 aromatic heterocycles. The predicted molar refractivity (Wildman–Crippen MR) is 93.1 cm³/mol. The molecule has 21 heavy (non-hydrogen) atoms. The molecule has 2 heterocycles. The fraction of sp³-hybridized carbons (Fsp3) is 0.714. The van der Waals surface area contributed by atoms with E-state index in [0.29, 0.717) is 6.42 Å². The zero-order valence-electron chi connectivity index (χ0n) is 13.0. The first-order valence-electron chi connectivity index (χ1n) is 6.83. The van der Waals surface area contributed by atoms with E-state index in [1.54, 1.807) is 11.3 Å². The molecule has 1 aromatic rings. The molecule has 1 amide bonds. The van der Waals surface area contributed by atoms with Gasteiger partial charge in [0.1, 0.15) is 0 Å². The second-order valence-electron chi connectivity index (χ2n) is 6.21. The zero-order chi connectivity index (χ0) is 14.0. The molecule has 0 saturated carbocycles. The van der Waals surface area contributed by atoms with Gasteiger partial charge in [0.25, 0.3) is 0 Å². The van der Waals surface area contributed by atoms with Gasteiger partial charge in [0.05, 0.1) is 17.1 Å². The normalized spacial score (nSPS) is 18.7. The van der Waals surface area contributed by atoms with Crippen molar-refractivity contribution in [1.82, 2.24) is 15.2 Å². The summed E-state index contributed by atoms with van der Waals surface area (Å²) < 4.78 is 0. The van der Waals surface area contributed by atoms with Crippen molar-refractivity contribution in [2.75, 3.05) is 19.6 Å². The van der Waals surface area contributed by atoms with Gasteiger partial charge >= 0.3 is 0 Å². The van der Waals surface area contributed by atoms with Crippen molar-refractivity contribution in [3.8, 4) is 0 Å². The number of carbonyl (C=O) groups excluding carboxylic acids is 1. The van der Waals surface area contributed by atoms with Crippen molar-refractivity contribution in [3.63, 3.8) is 0 Å². The van der Waals surface area contributed by atoms with Crippen LogP contribution in [0.4, 0.5) is 0 Å². The number of thiazole rings is 1. The molecule has 0 aromatic carbocycles. The number of amides is 1. The van der Waals surface area contributed by atoms with E-state index in [-0.39, 0.29) is 42.2 Å². The van der Waals surface area contributed by atoms with Gasteiger partial charge in [-0.15, -0.1) is 36.2 Å². The highest BCUT2D eigenvalue weighted by molar-refractivity contribution is 7.09. The molecule has 0 radical (unpaired) electrons. The number of rotatable bonds is 2. The largest absolute Gasteiger partial charge is 0.337 e. The highest BCUT2D eigenvalue weighted by atomic mass is 35.5. The van der Waals surface area contributed by atoms with E-state index in [1.807, 2.05) is 10.3 Å². The van der Waals surface area contributed by atoms with Crippen LogP contribution in [0.25, 0.3) is 0 Å². The number of hydrogen-bond acceptors (Lipinski definition) is 4. The van der Waals surface area contributed by atoms with Crippen molar-refractivity contribution >= 4 is 42.1 Å². The minimum atomic E-state index is 0. The summed E-state index contributed by atoms with van der Waals surface area (Å²) in [7, 11) is 0. The zero-order valence-corrected chi connectivity index (χ0v) is 15.5. The molecule has 1 N–H and O–H groups in total. The Morgan fingerprint density at radius 3 is 2.67 bits per heavy atom. The maximum absolute atomic E-state index is 12.3. The molecule has 1 aliphatic heterocycles. The highest BCUT2D eigenvalue weighted by Crippen LogP contribution is 2.25. The third kappa shape index (κ3) is 5.40. The minimum Gasteiger partial charge on any atom is -0.337 e. The van der Waals surface area contributed by atoms with Crippen molar-refractivity contribution in [2.24, 2.45) is 0 Å². The van der Waals surface area contributed by atoms with Crippen LogP contribution in [0.1, 0.15) is 38.4 Å². The van der Waals surface area contributed by atoms with E-state index < -0.39 is 0 Å². The smallest absolute Gasteiger partial charge is 0.228 e. The van der Waals surface area contributed by atoms with Gasteiger partial charge in [-0.2, -0.15) is 0 Å². The quantitative estimate of drug-likeness (QED) is 0.888. The molecule has 1 saturated heterocycles. The van der Waals surface area contributed by atoms with E-state index in [0.717, 1.165) is 30.3 Å². The van der Waals surface area contributed by atoms with Crippen molar-refractivity contribution in [1.29, 1.82) is 0 Å². The first-order chi connectivity index (χ1) is 8.88. The molecule has 1 aliphatic rings. The second kappa shape index (κ2) is 8.32. The summed E-state index contributed by atoms with van der Waals surface area (Å²) in [6.07, 6.45) is 0.428. The summed E-state index contributed by atoms with van der Waals surface area (Å²) in [5, 5.41) is 6.42. The maximum atomic E-state index is 12.3. The number of piperazine rings is 1. The van der Waals surface area contributed by atoms with Crippen molar-refractivity contribution in [3.05, 3.63) is 16.1 Å². The van der Waals surface area contributed by atoms with Crippen LogP contribution in [0.15, 0.2) is 5.38 Å². The lowest BCUT2D eigenvalue weighted by atomic mass is 9.98. The first kappa shape index (κ1) is 20.6. The lowest BCUT2D eigenvalue weighted by Gasteiger charge is -2.33. The monoisotopic (exact) mass is 353 g/mol. The molecule has 7 heteroatoms. The third-order valence-corrected chi connectivity index (χ3v) is 4.66. The van der Waals surface area contributed by atoms with Gasteiger partial charge in [0.15, 0.2) is 0 Å². The Morgan fingerprint density at radius 2 is 2.14 bits per heavy atom. The average molecular weight is 354 g/mol. The van der Waals surface area contributed by atoms with Crippen LogP contribution in [-0.4, -0.2) is 41.5 Å². The fourth-order valence-corrected chi connectivity index (χ4v) is 3.11. The first-order valence-corrected chi connectivity index (χ1v) is 7.71. The molecule has 4 nitrogen and oxygen atoms in total. The predicted octanol–water partition coefficient (Wildman–Crippen LogP) is 2.65. The Hall–Kier alpha value is -0.360. The summed E-state index contributed by atoms with van der Waals surface area (Å²) in [5.41, 5.74) is 0.972. The highest BCUT2D eigenvalue weighted by Gasteiger charge is 2.24. The van der Waals surface area contributed by atoms with E-state index in [9.17, 15) is 4.79 Å². The molecule has 0 bridgehead atoms. The Bertz CT molecular complexity index is 459. The van der Waals surface area contributed by atoms with Crippen molar-refractivity contribution in [2.45, 2.75) is 45.6 Å². The molecule has 2 rings (SSSR count). The SMILES string of the molecule is C[C@@H]1CNCCN1C(=O)Cc1csc(C(C)(C)C)n1.Cl.Cl. The standard InChI is InChI=1S/C14H23N3OS.2ClH/c1-10-8-15-5-6-17(10)12(18)7-11-9-19-13(16-11)14(2,3)4;;/h9-10,15H,5-8H2,1-4H3;2*1H/t10-;;/m1../s1. The maximum Gasteiger partial charge on any atom is 0.228 e. The summed E-state index contributed by atoms with van der Waals surface area (Å²) in [4.78, 5) is 18.9. The van der Waals surface area contributed by atoms with Gasteiger partial charge in [-0.05, 0) is 6.92 Å². The van der Waals surface area contributed by atoms with Gasteiger partial charge in [-0.25, -0.2) is 4.98 Å². The summed E-state index contributed by atoms with van der Waals surface area (Å²) in [6.45, 7) is 11.1. The third-order valence-electron chi connectivity index (χ3n) is 3.35. The van der Waals surface area contributed by atoms with E-state index in [1.165, 1.54) is 0 Å². The minimum absolute atomic E-state index is 0. The van der Waals surface area contributed by atoms with E-state index in [4.69, 9.17) is 0 Å². The number of carbonyl (C=O) groups is 1. The van der Waals surface area contributed by atoms with Gasteiger partial charge in [-0.3, -0.25) is 4.79 Å². The lowest BCUT2D eigenvalue weighted by Crippen LogP contribution is -2.52. The van der Waals surface area contributed by atoms with Crippen LogP contribution in [0.2, 0.25) is 0 Å². The average Bonchev–Trinajstić information content (AvgIpc) is 2.77. The topological polar surface area (TPSA) is 45.2 Å². The van der Waals surface area contributed by atoms with Crippen LogP contribution < -0.4 is 5.32 Å². The molecule has 122 valence electrons. The lowest BCUT2D eigenvalue weighted by molar-refractivity contribution is -0.133. The van der Waals surface area contributed by atoms with E-state index in [2.05, 4.69) is 38.0 Å². The Kier molecular flexibility index (Phi) is 8.18. The molecule has 0 unspecified atom stereocenters. The van der Waals surface area contributed by atoms with Crippen LogP contribution in [-0.2, 0) is 16.6 Å². The summed E-state index contributed by atoms with van der Waals surface area (Å²) in [5.74, 6) is 0.194. The number of hydrogen-bond donors (Lipinski definition) is 1. The van der Waals surface area contributed by atoms with Gasteiger partial charge in [0, 0.05) is 36.5 Å². The molecular weight excluding hydrogens is 329 g/mol. The molecule has 1 fully saturated rings. The molecule has 0 aliphatic carbocycles. The Balaban J connectivity index is 0.00000200. The fourth-order valence-electron chi connectivity index (χ4n) is 2.20.